The second-order valence-corrected chi connectivity index (χ2v) is 10.0. The summed E-state index contributed by atoms with van der Waals surface area (Å²) in [6.45, 7) is 4.37. The average molecular weight is 429 g/mol. The van der Waals surface area contributed by atoms with Crippen LogP contribution < -0.4 is 10.2 Å². The smallest absolute Gasteiger partial charge is 0.244 e. The molecule has 1 fully saturated rings. The number of rotatable bonds is 5. The van der Waals surface area contributed by atoms with E-state index in [0.717, 1.165) is 12.8 Å². The number of hydrogen-bond donors (Lipinski definition) is 1. The van der Waals surface area contributed by atoms with Crippen molar-refractivity contribution in [2.75, 3.05) is 29.9 Å². The van der Waals surface area contributed by atoms with Gasteiger partial charge in [0, 0.05) is 25.0 Å². The molecule has 8 nitrogen and oxygen atoms in total. The lowest BCUT2D eigenvalue weighted by Gasteiger charge is -2.20. The Morgan fingerprint density at radius 3 is 2.60 bits per heavy atom. The topological polar surface area (TPSA) is 99.7 Å². The van der Waals surface area contributed by atoms with Crippen LogP contribution in [-0.2, 0) is 25.0 Å². The van der Waals surface area contributed by atoms with Crippen molar-refractivity contribution in [3.8, 4) is 0 Å². The standard InChI is InChI=1S/C21H24N4O4S/c1-21(2)17-12-16(30(28,29)24-10-3-4-11-24)7-8-18(17)25(20(21)27)14-19(26)23-15-6-5-9-22-13-15/h5-9,12-13H,3-4,10-11,14H2,1-2H3,(H,23,26). The molecular formula is C21H24N4O4S. The van der Waals surface area contributed by atoms with Gasteiger partial charge in [-0.3, -0.25) is 14.6 Å². The van der Waals surface area contributed by atoms with Gasteiger partial charge in [0.2, 0.25) is 21.8 Å². The average Bonchev–Trinajstić information content (AvgIpc) is 3.32. The number of hydrogen-bond acceptors (Lipinski definition) is 5. The zero-order valence-electron chi connectivity index (χ0n) is 17.0. The normalized spacial score (nSPS) is 18.5. The number of carbonyl (C=O) groups excluding carboxylic acids is 2. The Labute approximate surface area is 175 Å². The van der Waals surface area contributed by atoms with Crippen molar-refractivity contribution in [3.05, 3.63) is 48.3 Å². The van der Waals surface area contributed by atoms with E-state index in [1.807, 2.05) is 0 Å². The van der Waals surface area contributed by atoms with Crippen LogP contribution in [0, 0.1) is 0 Å². The number of nitrogens with zero attached hydrogens (tertiary/aromatic N) is 3. The molecule has 4 rings (SSSR count). The second-order valence-electron chi connectivity index (χ2n) is 8.10. The molecule has 2 aliphatic heterocycles. The molecule has 0 unspecified atom stereocenters. The lowest BCUT2D eigenvalue weighted by atomic mass is 9.86. The maximum atomic E-state index is 13.1. The van der Waals surface area contributed by atoms with Crippen molar-refractivity contribution in [2.45, 2.75) is 37.0 Å². The van der Waals surface area contributed by atoms with Gasteiger partial charge in [0.05, 0.1) is 22.2 Å². The Morgan fingerprint density at radius 1 is 1.20 bits per heavy atom. The van der Waals surface area contributed by atoms with Crippen molar-refractivity contribution in [2.24, 2.45) is 0 Å². The highest BCUT2D eigenvalue weighted by molar-refractivity contribution is 7.89. The van der Waals surface area contributed by atoms with Crippen LogP contribution in [0.4, 0.5) is 11.4 Å². The molecule has 9 heteroatoms. The van der Waals surface area contributed by atoms with Crippen LogP contribution in [0.2, 0.25) is 0 Å². The molecule has 0 radical (unpaired) electrons. The van der Waals surface area contributed by atoms with Crippen LogP contribution in [0.1, 0.15) is 32.3 Å². The summed E-state index contributed by atoms with van der Waals surface area (Å²) in [7, 11) is -3.59. The predicted molar refractivity (Wildman–Crippen MR) is 113 cm³/mol. The number of aromatic nitrogens is 1. The van der Waals surface area contributed by atoms with E-state index in [2.05, 4.69) is 10.3 Å². The van der Waals surface area contributed by atoms with E-state index in [1.54, 1.807) is 44.3 Å². The molecule has 2 amide bonds. The number of fused-ring (bicyclic) bond motifs is 1. The van der Waals surface area contributed by atoms with E-state index in [9.17, 15) is 18.0 Å². The summed E-state index contributed by atoms with van der Waals surface area (Å²) in [5.74, 6) is -0.594. The Kier molecular flexibility index (Phi) is 5.11. The van der Waals surface area contributed by atoms with Crippen molar-refractivity contribution >= 4 is 33.2 Å². The van der Waals surface area contributed by atoms with Gasteiger partial charge in [0.25, 0.3) is 0 Å². The van der Waals surface area contributed by atoms with Gasteiger partial charge in [-0.05, 0) is 62.6 Å². The van der Waals surface area contributed by atoms with Gasteiger partial charge in [-0.25, -0.2) is 8.42 Å². The number of carbonyl (C=O) groups is 2. The molecule has 1 aromatic heterocycles. The Morgan fingerprint density at radius 2 is 1.93 bits per heavy atom. The summed E-state index contributed by atoms with van der Waals surface area (Å²) in [6.07, 6.45) is 4.84. The number of anilines is 2. The van der Waals surface area contributed by atoms with Crippen molar-refractivity contribution in [1.29, 1.82) is 0 Å². The van der Waals surface area contributed by atoms with E-state index >= 15 is 0 Å². The molecule has 2 aromatic rings. The Balaban J connectivity index is 1.62. The zero-order chi connectivity index (χ0) is 21.5. The summed E-state index contributed by atoms with van der Waals surface area (Å²) in [6, 6.07) is 8.15. The number of pyridine rings is 1. The van der Waals surface area contributed by atoms with Gasteiger partial charge in [0.1, 0.15) is 6.54 Å². The third-order valence-electron chi connectivity index (χ3n) is 5.66. The molecule has 0 atom stereocenters. The van der Waals surface area contributed by atoms with Gasteiger partial charge in [0.15, 0.2) is 0 Å². The molecule has 3 heterocycles. The number of sulfonamides is 1. The van der Waals surface area contributed by atoms with Crippen LogP contribution >= 0.6 is 0 Å². The predicted octanol–water partition coefficient (Wildman–Crippen LogP) is 2.13. The third-order valence-corrected chi connectivity index (χ3v) is 7.56. The van der Waals surface area contributed by atoms with Gasteiger partial charge >= 0.3 is 0 Å². The number of nitrogens with one attached hydrogen (secondary N) is 1. The van der Waals surface area contributed by atoms with Gasteiger partial charge in [-0.1, -0.05) is 0 Å². The van der Waals surface area contributed by atoms with Gasteiger partial charge < -0.3 is 10.2 Å². The fourth-order valence-electron chi connectivity index (χ4n) is 3.99. The highest BCUT2D eigenvalue weighted by Gasteiger charge is 2.45. The molecular weight excluding hydrogens is 404 g/mol. The van der Waals surface area contributed by atoms with E-state index in [-0.39, 0.29) is 23.3 Å². The first kappa shape index (κ1) is 20.5. The third kappa shape index (κ3) is 3.48. The first-order chi connectivity index (χ1) is 14.2. The molecule has 0 spiro atoms. The largest absolute Gasteiger partial charge is 0.323 e. The second kappa shape index (κ2) is 7.48. The quantitative estimate of drug-likeness (QED) is 0.786. The van der Waals surface area contributed by atoms with Gasteiger partial charge in [-0.15, -0.1) is 0 Å². The maximum absolute atomic E-state index is 13.1. The monoisotopic (exact) mass is 428 g/mol. The minimum absolute atomic E-state index is 0.164. The lowest BCUT2D eigenvalue weighted by Crippen LogP contribution is -2.40. The fraction of sp³-hybridized carbons (Fsp3) is 0.381. The summed E-state index contributed by atoms with van der Waals surface area (Å²) in [5, 5.41) is 2.72. The molecule has 158 valence electrons. The molecule has 0 saturated carbocycles. The summed E-state index contributed by atoms with van der Waals surface area (Å²) < 4.78 is 27.4. The minimum Gasteiger partial charge on any atom is -0.323 e. The van der Waals surface area contributed by atoms with Crippen molar-refractivity contribution < 1.29 is 18.0 Å². The summed E-state index contributed by atoms with van der Waals surface area (Å²) >= 11 is 0. The van der Waals surface area contributed by atoms with E-state index in [0.29, 0.717) is 30.0 Å². The number of amides is 2. The van der Waals surface area contributed by atoms with Gasteiger partial charge in [-0.2, -0.15) is 4.31 Å². The fourth-order valence-corrected chi connectivity index (χ4v) is 5.53. The molecule has 2 aliphatic rings. The van der Waals surface area contributed by atoms with E-state index in [4.69, 9.17) is 0 Å². The van der Waals surface area contributed by atoms with E-state index < -0.39 is 15.4 Å². The minimum atomic E-state index is -3.59. The highest BCUT2D eigenvalue weighted by Crippen LogP contribution is 2.42. The van der Waals surface area contributed by atoms with Crippen LogP contribution in [0.25, 0.3) is 0 Å². The molecule has 1 saturated heterocycles. The van der Waals surface area contributed by atoms with Crippen molar-refractivity contribution in [1.82, 2.24) is 9.29 Å². The van der Waals surface area contributed by atoms with Crippen molar-refractivity contribution in [3.63, 3.8) is 0 Å². The SMILES string of the molecule is CC1(C)C(=O)N(CC(=O)Nc2cccnc2)c2ccc(S(=O)(=O)N3CCCC3)cc21. The number of benzene rings is 1. The maximum Gasteiger partial charge on any atom is 0.244 e. The van der Waals surface area contributed by atoms with Crippen LogP contribution in [0.5, 0.6) is 0 Å². The Hall–Kier alpha value is -2.78. The molecule has 30 heavy (non-hydrogen) atoms. The Bertz CT molecular complexity index is 1090. The molecule has 1 aromatic carbocycles. The van der Waals surface area contributed by atoms with Crippen LogP contribution in [-0.4, -0.2) is 49.2 Å². The van der Waals surface area contributed by atoms with E-state index in [1.165, 1.54) is 21.5 Å². The zero-order valence-corrected chi connectivity index (χ0v) is 17.8. The first-order valence-electron chi connectivity index (χ1n) is 9.88. The summed E-state index contributed by atoms with van der Waals surface area (Å²) in [5.41, 5.74) is 0.787. The summed E-state index contributed by atoms with van der Waals surface area (Å²) in [4.78, 5) is 31.1. The first-order valence-corrected chi connectivity index (χ1v) is 11.3. The highest BCUT2D eigenvalue weighted by atomic mass is 32.2. The molecule has 0 aliphatic carbocycles. The molecule has 1 N–H and O–H groups in total. The molecule has 0 bridgehead atoms. The lowest BCUT2D eigenvalue weighted by molar-refractivity contribution is -0.124. The van der Waals surface area contributed by atoms with Crippen LogP contribution in [0.3, 0.4) is 0 Å². The van der Waals surface area contributed by atoms with Crippen LogP contribution in [0.15, 0.2) is 47.6 Å².